The van der Waals surface area contributed by atoms with E-state index < -0.39 is 5.97 Å². The first kappa shape index (κ1) is 19.1. The number of carbonyl (C=O) groups excluding carboxylic acids is 3. The summed E-state index contributed by atoms with van der Waals surface area (Å²) in [5, 5.41) is 2.73. The fourth-order valence-corrected chi connectivity index (χ4v) is 2.27. The van der Waals surface area contributed by atoms with E-state index in [0.717, 1.165) is 5.69 Å². The minimum Gasteiger partial charge on any atom is -0.462 e. The number of rotatable bonds is 7. The van der Waals surface area contributed by atoms with Crippen LogP contribution < -0.4 is 10.2 Å². The summed E-state index contributed by atoms with van der Waals surface area (Å²) in [7, 11) is 0. The van der Waals surface area contributed by atoms with E-state index in [1.165, 1.54) is 11.8 Å². The Kier molecular flexibility index (Phi) is 6.84. The third kappa shape index (κ3) is 5.41. The van der Waals surface area contributed by atoms with Crippen molar-refractivity contribution in [2.24, 2.45) is 0 Å². The zero-order valence-corrected chi connectivity index (χ0v) is 14.8. The van der Waals surface area contributed by atoms with E-state index in [1.54, 1.807) is 49.5 Å². The summed E-state index contributed by atoms with van der Waals surface area (Å²) < 4.78 is 4.92. The van der Waals surface area contributed by atoms with Crippen LogP contribution in [0.3, 0.4) is 0 Å². The van der Waals surface area contributed by atoms with Gasteiger partial charge in [0.15, 0.2) is 0 Å². The Morgan fingerprint density at radius 1 is 1.12 bits per heavy atom. The molecule has 2 rings (SSSR count). The standard InChI is InChI=1S/C19H21N3O4/c1-3-26-19(25)15-7-9-17(10-8-15)22(14(2)23)13-18(24)21-12-16-6-4-5-11-20-16/h4-11H,3,12-13H2,1-2H3,(H,21,24). The lowest BCUT2D eigenvalue weighted by Gasteiger charge is -2.21. The Labute approximate surface area is 152 Å². The second-order valence-corrected chi connectivity index (χ2v) is 5.47. The van der Waals surface area contributed by atoms with Crippen molar-refractivity contribution in [3.63, 3.8) is 0 Å². The molecule has 2 aromatic rings. The lowest BCUT2D eigenvalue weighted by molar-refractivity contribution is -0.123. The summed E-state index contributed by atoms with van der Waals surface area (Å²) in [6, 6.07) is 11.8. The van der Waals surface area contributed by atoms with E-state index in [2.05, 4.69) is 10.3 Å². The van der Waals surface area contributed by atoms with E-state index in [4.69, 9.17) is 4.74 Å². The zero-order valence-electron chi connectivity index (χ0n) is 14.8. The summed E-state index contributed by atoms with van der Waals surface area (Å²) >= 11 is 0. The molecule has 1 N–H and O–H groups in total. The largest absolute Gasteiger partial charge is 0.462 e. The highest BCUT2D eigenvalue weighted by Gasteiger charge is 2.16. The monoisotopic (exact) mass is 355 g/mol. The first-order valence-electron chi connectivity index (χ1n) is 8.23. The first-order valence-corrected chi connectivity index (χ1v) is 8.23. The quantitative estimate of drug-likeness (QED) is 0.767. The molecule has 1 heterocycles. The number of aromatic nitrogens is 1. The molecule has 0 saturated carbocycles. The maximum absolute atomic E-state index is 12.2. The normalized spacial score (nSPS) is 10.1. The van der Waals surface area contributed by atoms with Crippen molar-refractivity contribution < 1.29 is 19.1 Å². The molecule has 0 aliphatic heterocycles. The summed E-state index contributed by atoms with van der Waals surface area (Å²) in [4.78, 5) is 41.2. The summed E-state index contributed by atoms with van der Waals surface area (Å²) in [5.74, 6) is -1.01. The number of nitrogens with zero attached hydrogens (tertiary/aromatic N) is 2. The fourth-order valence-electron chi connectivity index (χ4n) is 2.27. The maximum Gasteiger partial charge on any atom is 0.338 e. The van der Waals surface area contributed by atoms with E-state index >= 15 is 0 Å². The highest BCUT2D eigenvalue weighted by Crippen LogP contribution is 2.16. The molecule has 0 fully saturated rings. The van der Waals surface area contributed by atoms with Gasteiger partial charge in [0.25, 0.3) is 0 Å². The molecule has 0 bridgehead atoms. The molecule has 0 unspecified atom stereocenters. The molecule has 7 nitrogen and oxygen atoms in total. The summed E-state index contributed by atoms with van der Waals surface area (Å²) in [6.07, 6.45) is 1.65. The van der Waals surface area contributed by atoms with E-state index in [-0.39, 0.29) is 31.5 Å². The van der Waals surface area contributed by atoms with Crippen LogP contribution in [0.4, 0.5) is 5.69 Å². The van der Waals surface area contributed by atoms with Crippen molar-refractivity contribution in [1.82, 2.24) is 10.3 Å². The SMILES string of the molecule is CCOC(=O)c1ccc(N(CC(=O)NCc2ccccn2)C(C)=O)cc1. The van der Waals surface area contributed by atoms with Gasteiger partial charge in [-0.1, -0.05) is 6.07 Å². The summed E-state index contributed by atoms with van der Waals surface area (Å²) in [5.41, 5.74) is 1.64. The third-order valence-corrected chi connectivity index (χ3v) is 3.56. The van der Waals surface area contributed by atoms with Gasteiger partial charge in [-0.3, -0.25) is 14.6 Å². The number of amides is 2. The molecule has 1 aromatic heterocycles. The number of nitrogens with one attached hydrogen (secondary N) is 1. The Balaban J connectivity index is 2.00. The Morgan fingerprint density at radius 3 is 2.42 bits per heavy atom. The van der Waals surface area contributed by atoms with Crippen molar-refractivity contribution in [2.75, 3.05) is 18.1 Å². The van der Waals surface area contributed by atoms with Crippen molar-refractivity contribution in [3.8, 4) is 0 Å². The van der Waals surface area contributed by atoms with Crippen LogP contribution in [0.2, 0.25) is 0 Å². The lowest BCUT2D eigenvalue weighted by atomic mass is 10.2. The molecule has 0 saturated heterocycles. The van der Waals surface area contributed by atoms with Gasteiger partial charge in [-0.05, 0) is 43.3 Å². The van der Waals surface area contributed by atoms with Gasteiger partial charge in [-0.2, -0.15) is 0 Å². The molecule has 136 valence electrons. The van der Waals surface area contributed by atoms with Crippen molar-refractivity contribution in [3.05, 3.63) is 59.9 Å². The Bertz CT molecular complexity index is 760. The molecule has 26 heavy (non-hydrogen) atoms. The van der Waals surface area contributed by atoms with Crippen molar-refractivity contribution >= 4 is 23.5 Å². The van der Waals surface area contributed by atoms with Crippen molar-refractivity contribution in [1.29, 1.82) is 0 Å². The number of pyridine rings is 1. The van der Waals surface area contributed by atoms with Crippen molar-refractivity contribution in [2.45, 2.75) is 20.4 Å². The minimum absolute atomic E-state index is 0.124. The minimum atomic E-state index is -0.429. The highest BCUT2D eigenvalue weighted by molar-refractivity contribution is 5.98. The second-order valence-electron chi connectivity index (χ2n) is 5.47. The first-order chi connectivity index (χ1) is 12.5. The van der Waals surface area contributed by atoms with Gasteiger partial charge in [0.1, 0.15) is 6.54 Å². The molecule has 7 heteroatoms. The smallest absolute Gasteiger partial charge is 0.338 e. The Morgan fingerprint density at radius 2 is 1.85 bits per heavy atom. The van der Waals surface area contributed by atoms with Gasteiger partial charge in [0.2, 0.25) is 11.8 Å². The molecular weight excluding hydrogens is 334 g/mol. The van der Waals surface area contributed by atoms with E-state index in [0.29, 0.717) is 11.3 Å². The van der Waals surface area contributed by atoms with Gasteiger partial charge in [0.05, 0.1) is 24.4 Å². The number of anilines is 1. The van der Waals surface area contributed by atoms with E-state index in [9.17, 15) is 14.4 Å². The number of benzene rings is 1. The van der Waals surface area contributed by atoms with Crippen LogP contribution in [0.15, 0.2) is 48.7 Å². The average Bonchev–Trinajstić information content (AvgIpc) is 2.65. The van der Waals surface area contributed by atoms with Crippen LogP contribution in [0.5, 0.6) is 0 Å². The number of esters is 1. The van der Waals surface area contributed by atoms with Gasteiger partial charge in [0, 0.05) is 18.8 Å². The number of carbonyl (C=O) groups is 3. The molecule has 0 radical (unpaired) electrons. The van der Waals surface area contributed by atoms with Gasteiger partial charge in [-0.25, -0.2) is 4.79 Å². The molecule has 0 spiro atoms. The molecule has 0 aliphatic rings. The predicted octanol–water partition coefficient (Wildman–Crippen LogP) is 1.93. The molecule has 0 aliphatic carbocycles. The Hall–Kier alpha value is -3.22. The van der Waals surface area contributed by atoms with Crippen LogP contribution in [-0.2, 0) is 20.9 Å². The topological polar surface area (TPSA) is 88.6 Å². The molecule has 2 amide bonds. The third-order valence-electron chi connectivity index (χ3n) is 3.56. The molecule has 0 atom stereocenters. The van der Waals surface area contributed by atoms with Crippen LogP contribution in [0.25, 0.3) is 0 Å². The van der Waals surface area contributed by atoms with Crippen LogP contribution in [0.1, 0.15) is 29.9 Å². The van der Waals surface area contributed by atoms with Gasteiger partial charge < -0.3 is 15.0 Å². The number of hydrogen-bond acceptors (Lipinski definition) is 5. The predicted molar refractivity (Wildman–Crippen MR) is 96.5 cm³/mol. The van der Waals surface area contributed by atoms with Crippen LogP contribution in [-0.4, -0.2) is 35.9 Å². The number of hydrogen-bond donors (Lipinski definition) is 1. The summed E-state index contributed by atoms with van der Waals surface area (Å²) in [6.45, 7) is 3.56. The molecular formula is C19H21N3O4. The fraction of sp³-hybridized carbons (Fsp3) is 0.263. The number of ether oxygens (including phenoxy) is 1. The zero-order chi connectivity index (χ0) is 18.9. The highest BCUT2D eigenvalue weighted by atomic mass is 16.5. The van der Waals surface area contributed by atoms with Crippen LogP contribution >= 0.6 is 0 Å². The second kappa shape index (κ2) is 9.31. The van der Waals surface area contributed by atoms with Gasteiger partial charge >= 0.3 is 5.97 Å². The lowest BCUT2D eigenvalue weighted by Crippen LogP contribution is -2.39. The average molecular weight is 355 g/mol. The van der Waals surface area contributed by atoms with E-state index in [1.807, 2.05) is 6.07 Å². The maximum atomic E-state index is 12.2. The van der Waals surface area contributed by atoms with Crippen LogP contribution in [0, 0.1) is 0 Å². The molecule has 1 aromatic carbocycles. The van der Waals surface area contributed by atoms with Gasteiger partial charge in [-0.15, -0.1) is 0 Å².